The molecule has 1 atom stereocenters. The Labute approximate surface area is 254 Å². The van der Waals surface area contributed by atoms with Crippen molar-refractivity contribution in [2.75, 3.05) is 17.9 Å². The van der Waals surface area contributed by atoms with Crippen molar-refractivity contribution in [3.8, 4) is 0 Å². The summed E-state index contributed by atoms with van der Waals surface area (Å²) >= 11 is 3.37. The maximum atomic E-state index is 14.8. The van der Waals surface area contributed by atoms with Crippen LogP contribution in [0.1, 0.15) is 16.7 Å². The third-order valence-electron chi connectivity index (χ3n) is 6.82. The van der Waals surface area contributed by atoms with Crippen molar-refractivity contribution in [1.82, 2.24) is 10.2 Å². The van der Waals surface area contributed by atoms with Crippen LogP contribution in [0.3, 0.4) is 0 Å². The number of halogens is 2. The van der Waals surface area contributed by atoms with Gasteiger partial charge in [0.05, 0.1) is 10.6 Å². The molecule has 0 radical (unpaired) electrons. The second-order valence-corrected chi connectivity index (χ2v) is 12.5. The molecule has 1 N–H and O–H groups in total. The molecule has 4 aromatic carbocycles. The normalized spacial score (nSPS) is 11.9. The van der Waals surface area contributed by atoms with Crippen molar-refractivity contribution >= 4 is 43.5 Å². The van der Waals surface area contributed by atoms with E-state index in [1.165, 1.54) is 42.3 Å². The van der Waals surface area contributed by atoms with Crippen molar-refractivity contribution in [2.45, 2.75) is 30.8 Å². The van der Waals surface area contributed by atoms with Crippen LogP contribution < -0.4 is 9.62 Å². The molecule has 0 aliphatic heterocycles. The van der Waals surface area contributed by atoms with Crippen LogP contribution in [0.5, 0.6) is 0 Å². The lowest BCUT2D eigenvalue weighted by Gasteiger charge is -2.33. The van der Waals surface area contributed by atoms with Gasteiger partial charge in [-0.25, -0.2) is 12.8 Å². The quantitative estimate of drug-likeness (QED) is 0.233. The van der Waals surface area contributed by atoms with Gasteiger partial charge in [0.15, 0.2) is 0 Å². The van der Waals surface area contributed by atoms with Gasteiger partial charge in [-0.1, -0.05) is 82.2 Å². The smallest absolute Gasteiger partial charge is 0.264 e. The summed E-state index contributed by atoms with van der Waals surface area (Å²) in [7, 11) is -2.75. The highest BCUT2D eigenvalue weighted by Gasteiger charge is 2.34. The predicted molar refractivity (Wildman–Crippen MR) is 165 cm³/mol. The van der Waals surface area contributed by atoms with Gasteiger partial charge in [-0.05, 0) is 55.0 Å². The number of nitrogens with one attached hydrogen (secondary N) is 1. The molecular formula is C32H31BrFN3O4S. The molecule has 0 spiro atoms. The van der Waals surface area contributed by atoms with Gasteiger partial charge in [0.25, 0.3) is 10.0 Å². The van der Waals surface area contributed by atoms with Crippen LogP contribution in [-0.2, 0) is 32.6 Å². The maximum Gasteiger partial charge on any atom is 0.264 e. The summed E-state index contributed by atoms with van der Waals surface area (Å²) in [6.07, 6.45) is 0.143. The molecule has 10 heteroatoms. The lowest BCUT2D eigenvalue weighted by molar-refractivity contribution is -0.139. The first-order chi connectivity index (χ1) is 20.1. The maximum absolute atomic E-state index is 14.8. The van der Waals surface area contributed by atoms with E-state index < -0.39 is 40.2 Å². The van der Waals surface area contributed by atoms with E-state index in [0.717, 1.165) is 19.9 Å². The first-order valence-electron chi connectivity index (χ1n) is 13.2. The Hall–Kier alpha value is -4.02. The number of carbonyl (C=O) groups excluding carboxylic acids is 2. The molecule has 0 saturated heterocycles. The third kappa shape index (κ3) is 7.43. The Balaban J connectivity index is 1.79. The summed E-state index contributed by atoms with van der Waals surface area (Å²) in [5.74, 6) is -1.66. The third-order valence-corrected chi connectivity index (χ3v) is 9.14. The fraction of sp³-hybridized carbons (Fsp3) is 0.188. The molecule has 0 unspecified atom stereocenters. The predicted octanol–water partition coefficient (Wildman–Crippen LogP) is 5.48. The minimum Gasteiger partial charge on any atom is -0.357 e. The van der Waals surface area contributed by atoms with Crippen molar-refractivity contribution < 1.29 is 22.4 Å². The summed E-state index contributed by atoms with van der Waals surface area (Å²) in [6, 6.07) is 27.0. The van der Waals surface area contributed by atoms with Gasteiger partial charge in [0, 0.05) is 30.0 Å². The van der Waals surface area contributed by atoms with Crippen LogP contribution in [0.2, 0.25) is 0 Å². The number of hydrogen-bond donors (Lipinski definition) is 1. The number of sulfonamides is 1. The van der Waals surface area contributed by atoms with Crippen molar-refractivity contribution in [2.24, 2.45) is 0 Å². The molecule has 0 aromatic heterocycles. The summed E-state index contributed by atoms with van der Waals surface area (Å²) in [6.45, 7) is 0.989. The molecule has 0 aliphatic carbocycles. The van der Waals surface area contributed by atoms with Crippen LogP contribution in [0.15, 0.2) is 112 Å². The molecular weight excluding hydrogens is 621 g/mol. The molecule has 7 nitrogen and oxygen atoms in total. The van der Waals surface area contributed by atoms with Gasteiger partial charge < -0.3 is 10.2 Å². The number of hydrogen-bond acceptors (Lipinski definition) is 4. The fourth-order valence-electron chi connectivity index (χ4n) is 4.50. The highest BCUT2D eigenvalue weighted by molar-refractivity contribution is 9.10. The standard InChI is InChI=1S/C32H31BrFN3O4S/c1-23-12-18-28(19-13-23)42(40,41)37(27-16-14-26(33)15-17-27)22-31(38)36(21-25-10-6-7-11-29(25)34)30(32(39)35-2)20-24-8-4-3-5-9-24/h3-19,30H,20-22H2,1-2H3,(H,35,39)/t30-/m0/s1. The molecule has 42 heavy (non-hydrogen) atoms. The largest absolute Gasteiger partial charge is 0.357 e. The van der Waals surface area contributed by atoms with Gasteiger partial charge in [0.2, 0.25) is 11.8 Å². The van der Waals surface area contributed by atoms with Crippen molar-refractivity contribution in [1.29, 1.82) is 0 Å². The van der Waals surface area contributed by atoms with E-state index in [9.17, 15) is 22.4 Å². The summed E-state index contributed by atoms with van der Waals surface area (Å²) in [4.78, 5) is 28.7. The fourth-order valence-corrected chi connectivity index (χ4v) is 6.18. The second-order valence-electron chi connectivity index (χ2n) is 9.73. The van der Waals surface area contributed by atoms with Crippen LogP contribution in [0.25, 0.3) is 0 Å². The minimum atomic E-state index is -4.21. The lowest BCUT2D eigenvalue weighted by atomic mass is 10.0. The van der Waals surface area contributed by atoms with E-state index in [2.05, 4.69) is 21.2 Å². The number of benzene rings is 4. The first kappa shape index (κ1) is 30.9. The lowest BCUT2D eigenvalue weighted by Crippen LogP contribution is -2.53. The van der Waals surface area contributed by atoms with Crippen LogP contribution in [-0.4, -0.2) is 44.8 Å². The zero-order chi connectivity index (χ0) is 30.3. The number of carbonyl (C=O) groups is 2. The number of rotatable bonds is 11. The Bertz CT molecular complexity index is 1630. The van der Waals surface area contributed by atoms with E-state index >= 15 is 0 Å². The van der Waals surface area contributed by atoms with Gasteiger partial charge >= 0.3 is 0 Å². The summed E-state index contributed by atoms with van der Waals surface area (Å²) in [5, 5.41) is 2.61. The van der Waals surface area contributed by atoms with Crippen LogP contribution >= 0.6 is 15.9 Å². The SMILES string of the molecule is CNC(=O)[C@H](Cc1ccccc1)N(Cc1ccccc1F)C(=O)CN(c1ccc(Br)cc1)S(=O)(=O)c1ccc(C)cc1. The number of nitrogens with zero attached hydrogens (tertiary/aromatic N) is 2. The van der Waals surface area contributed by atoms with E-state index in [1.807, 2.05) is 37.3 Å². The summed E-state index contributed by atoms with van der Waals surface area (Å²) < 4.78 is 44.5. The molecule has 0 saturated carbocycles. The second kappa shape index (κ2) is 13.8. The van der Waals surface area contributed by atoms with E-state index in [0.29, 0.717) is 0 Å². The molecule has 4 rings (SSSR count). The highest BCUT2D eigenvalue weighted by atomic mass is 79.9. The average Bonchev–Trinajstić information content (AvgIpc) is 2.99. The zero-order valence-corrected chi connectivity index (χ0v) is 25.6. The molecule has 218 valence electrons. The number of anilines is 1. The van der Waals surface area contributed by atoms with Gasteiger partial charge in [-0.15, -0.1) is 0 Å². The van der Waals surface area contributed by atoms with Crippen molar-refractivity contribution in [3.63, 3.8) is 0 Å². The van der Waals surface area contributed by atoms with Gasteiger partial charge in [-0.3, -0.25) is 13.9 Å². The summed E-state index contributed by atoms with van der Waals surface area (Å²) in [5.41, 5.74) is 2.13. The number of likely N-dealkylation sites (N-methyl/N-ethyl adjacent to an activating group) is 1. The average molecular weight is 653 g/mol. The van der Waals surface area contributed by atoms with Crippen LogP contribution in [0, 0.1) is 12.7 Å². The molecule has 2 amide bonds. The molecule has 0 aliphatic rings. The Kier molecular flexibility index (Phi) is 10.1. The first-order valence-corrected chi connectivity index (χ1v) is 15.5. The molecule has 0 heterocycles. The Morgan fingerprint density at radius 2 is 1.50 bits per heavy atom. The Morgan fingerprint density at radius 3 is 2.12 bits per heavy atom. The molecule has 4 aromatic rings. The van der Waals surface area contributed by atoms with E-state index in [1.54, 1.807) is 42.5 Å². The Morgan fingerprint density at radius 1 is 0.881 bits per heavy atom. The van der Waals surface area contributed by atoms with E-state index in [4.69, 9.17) is 0 Å². The topological polar surface area (TPSA) is 86.8 Å². The molecule has 0 fully saturated rings. The molecule has 0 bridgehead atoms. The minimum absolute atomic E-state index is 0.0107. The highest BCUT2D eigenvalue weighted by Crippen LogP contribution is 2.27. The van der Waals surface area contributed by atoms with Crippen molar-refractivity contribution in [3.05, 3.63) is 130 Å². The van der Waals surface area contributed by atoms with Crippen LogP contribution in [0.4, 0.5) is 10.1 Å². The van der Waals surface area contributed by atoms with E-state index in [-0.39, 0.29) is 29.1 Å². The number of amides is 2. The monoisotopic (exact) mass is 651 g/mol. The van der Waals surface area contributed by atoms with Gasteiger partial charge in [-0.2, -0.15) is 0 Å². The number of aryl methyl sites for hydroxylation is 1. The van der Waals surface area contributed by atoms with Gasteiger partial charge in [0.1, 0.15) is 18.4 Å². The zero-order valence-electron chi connectivity index (χ0n) is 23.2.